The average Bonchev–Trinajstić information content (AvgIpc) is 2.59. The third-order valence-corrected chi connectivity index (χ3v) is 4.03. The lowest BCUT2D eigenvalue weighted by molar-refractivity contribution is 0.0850. The van der Waals surface area contributed by atoms with Gasteiger partial charge in [-0.2, -0.15) is 0 Å². The predicted molar refractivity (Wildman–Crippen MR) is 89.7 cm³/mol. The van der Waals surface area contributed by atoms with Crippen molar-refractivity contribution in [2.75, 3.05) is 6.54 Å². The summed E-state index contributed by atoms with van der Waals surface area (Å²) in [5.41, 5.74) is 2.54. The maximum absolute atomic E-state index is 12.4. The van der Waals surface area contributed by atoms with E-state index in [0.717, 1.165) is 17.5 Å². The Labute approximate surface area is 132 Å². The van der Waals surface area contributed by atoms with Crippen molar-refractivity contribution in [3.8, 4) is 11.1 Å². The third kappa shape index (κ3) is 3.95. The Balaban J connectivity index is 2.14. The maximum Gasteiger partial charge on any atom is 0.252 e. The number of benzene rings is 2. The number of carbonyl (C=O) groups excluding carboxylic acids is 1. The van der Waals surface area contributed by atoms with Crippen LogP contribution in [0.15, 0.2) is 54.6 Å². The van der Waals surface area contributed by atoms with Crippen molar-refractivity contribution in [2.45, 2.75) is 26.4 Å². The van der Waals surface area contributed by atoms with Crippen LogP contribution in [-0.4, -0.2) is 23.7 Å². The Kier molecular flexibility index (Phi) is 5.73. The fourth-order valence-electron chi connectivity index (χ4n) is 2.32. The van der Waals surface area contributed by atoms with E-state index in [9.17, 15) is 9.90 Å². The highest BCUT2D eigenvalue weighted by Gasteiger charge is 2.16. The molecule has 0 aromatic heterocycles. The first-order valence-corrected chi connectivity index (χ1v) is 7.74. The Morgan fingerprint density at radius 3 is 2.41 bits per heavy atom. The summed E-state index contributed by atoms with van der Waals surface area (Å²) in [5.74, 6) is 0.0199. The summed E-state index contributed by atoms with van der Waals surface area (Å²) >= 11 is 0. The fraction of sp³-hybridized carbons (Fsp3) is 0.316. The minimum Gasteiger partial charge on any atom is -0.391 e. The van der Waals surface area contributed by atoms with E-state index in [0.29, 0.717) is 5.56 Å². The first-order chi connectivity index (χ1) is 10.6. The molecule has 116 valence electrons. The van der Waals surface area contributed by atoms with Gasteiger partial charge in [0.15, 0.2) is 0 Å². The van der Waals surface area contributed by atoms with Gasteiger partial charge in [0.1, 0.15) is 0 Å². The van der Waals surface area contributed by atoms with Crippen LogP contribution in [0.1, 0.15) is 30.6 Å². The molecule has 0 spiro atoms. The lowest BCUT2D eigenvalue weighted by Crippen LogP contribution is -2.35. The van der Waals surface area contributed by atoms with Crippen molar-refractivity contribution in [1.82, 2.24) is 5.32 Å². The van der Waals surface area contributed by atoms with Crippen LogP contribution in [0.5, 0.6) is 0 Å². The zero-order valence-corrected chi connectivity index (χ0v) is 13.1. The molecule has 3 nitrogen and oxygen atoms in total. The van der Waals surface area contributed by atoms with E-state index in [1.54, 1.807) is 0 Å². The van der Waals surface area contributed by atoms with Gasteiger partial charge in [-0.25, -0.2) is 0 Å². The van der Waals surface area contributed by atoms with Gasteiger partial charge in [-0.05, 0) is 23.1 Å². The molecule has 2 rings (SSSR count). The van der Waals surface area contributed by atoms with Crippen molar-refractivity contribution in [2.24, 2.45) is 5.92 Å². The first-order valence-electron chi connectivity index (χ1n) is 7.74. The molecule has 0 aliphatic rings. The van der Waals surface area contributed by atoms with Crippen molar-refractivity contribution >= 4 is 5.91 Å². The molecule has 2 N–H and O–H groups in total. The number of carbonyl (C=O) groups is 1. The second-order valence-electron chi connectivity index (χ2n) is 5.57. The summed E-state index contributed by atoms with van der Waals surface area (Å²) in [6.07, 6.45) is 0.371. The maximum atomic E-state index is 12.4. The van der Waals surface area contributed by atoms with Gasteiger partial charge in [-0.15, -0.1) is 0 Å². The van der Waals surface area contributed by atoms with Crippen LogP contribution >= 0.6 is 0 Å². The highest BCUT2D eigenvalue weighted by atomic mass is 16.3. The average molecular weight is 297 g/mol. The summed E-state index contributed by atoms with van der Waals surface area (Å²) < 4.78 is 0. The summed E-state index contributed by atoms with van der Waals surface area (Å²) in [6, 6.07) is 17.4. The molecule has 2 unspecified atom stereocenters. The van der Waals surface area contributed by atoms with Crippen molar-refractivity contribution in [1.29, 1.82) is 0 Å². The van der Waals surface area contributed by atoms with E-state index >= 15 is 0 Å². The first kappa shape index (κ1) is 16.2. The van der Waals surface area contributed by atoms with E-state index in [2.05, 4.69) is 5.32 Å². The summed E-state index contributed by atoms with van der Waals surface area (Å²) in [4.78, 5) is 12.4. The molecule has 0 saturated heterocycles. The molecule has 0 aliphatic heterocycles. The van der Waals surface area contributed by atoms with E-state index < -0.39 is 6.10 Å². The molecule has 22 heavy (non-hydrogen) atoms. The molecule has 0 radical (unpaired) electrons. The smallest absolute Gasteiger partial charge is 0.252 e. The van der Waals surface area contributed by atoms with Gasteiger partial charge in [0, 0.05) is 12.1 Å². The van der Waals surface area contributed by atoms with Gasteiger partial charge in [0.2, 0.25) is 0 Å². The number of amides is 1. The molecule has 0 heterocycles. The molecular weight excluding hydrogens is 274 g/mol. The number of hydrogen-bond acceptors (Lipinski definition) is 2. The molecule has 0 aliphatic carbocycles. The fourth-order valence-corrected chi connectivity index (χ4v) is 2.32. The van der Waals surface area contributed by atoms with Gasteiger partial charge >= 0.3 is 0 Å². The van der Waals surface area contributed by atoms with E-state index in [4.69, 9.17) is 0 Å². The lowest BCUT2D eigenvalue weighted by atomic mass is 9.98. The van der Waals surface area contributed by atoms with Gasteiger partial charge < -0.3 is 10.4 Å². The van der Waals surface area contributed by atoms with Crippen molar-refractivity contribution in [3.05, 3.63) is 60.2 Å². The van der Waals surface area contributed by atoms with Crippen molar-refractivity contribution in [3.63, 3.8) is 0 Å². The van der Waals surface area contributed by atoms with E-state index in [-0.39, 0.29) is 18.4 Å². The zero-order chi connectivity index (χ0) is 15.9. The quantitative estimate of drug-likeness (QED) is 0.857. The molecule has 2 atom stereocenters. The molecule has 0 saturated carbocycles. The predicted octanol–water partition coefficient (Wildman–Crippen LogP) is 3.49. The second-order valence-corrected chi connectivity index (χ2v) is 5.57. The summed E-state index contributed by atoms with van der Waals surface area (Å²) in [6.45, 7) is 4.28. The van der Waals surface area contributed by atoms with Gasteiger partial charge in [0.05, 0.1) is 6.10 Å². The van der Waals surface area contributed by atoms with Crippen LogP contribution in [0, 0.1) is 5.92 Å². The zero-order valence-electron chi connectivity index (χ0n) is 13.1. The largest absolute Gasteiger partial charge is 0.391 e. The van der Waals surface area contributed by atoms with Crippen LogP contribution in [0.4, 0.5) is 0 Å². The summed E-state index contributed by atoms with van der Waals surface area (Å²) in [7, 11) is 0. The van der Waals surface area contributed by atoms with Crippen LogP contribution in [0.25, 0.3) is 11.1 Å². The normalized spacial score (nSPS) is 13.4. The highest BCUT2D eigenvalue weighted by Crippen LogP contribution is 2.23. The number of aliphatic hydroxyl groups excluding tert-OH is 1. The minimum atomic E-state index is -0.516. The summed E-state index contributed by atoms with van der Waals surface area (Å²) in [5, 5.41) is 12.8. The van der Waals surface area contributed by atoms with Crippen LogP contribution in [-0.2, 0) is 0 Å². The topological polar surface area (TPSA) is 49.3 Å². The third-order valence-electron chi connectivity index (χ3n) is 4.03. The van der Waals surface area contributed by atoms with Crippen LogP contribution in [0.3, 0.4) is 0 Å². The Bertz CT molecular complexity index is 610. The second kappa shape index (κ2) is 7.76. The number of hydrogen-bond donors (Lipinski definition) is 2. The van der Waals surface area contributed by atoms with Gasteiger partial charge in [0.25, 0.3) is 5.91 Å². The molecule has 1 amide bonds. The Morgan fingerprint density at radius 1 is 1.09 bits per heavy atom. The number of nitrogens with one attached hydrogen (secondary N) is 1. The van der Waals surface area contributed by atoms with Crippen LogP contribution in [0.2, 0.25) is 0 Å². The minimum absolute atomic E-state index is 0.151. The molecular formula is C19H23NO2. The highest BCUT2D eigenvalue weighted by molar-refractivity contribution is 6.00. The SMILES string of the molecule is CCC(C)C(O)CNC(=O)c1ccccc1-c1ccccc1. The van der Waals surface area contributed by atoms with Gasteiger partial charge in [-0.3, -0.25) is 4.79 Å². The Morgan fingerprint density at radius 2 is 1.73 bits per heavy atom. The van der Waals surface area contributed by atoms with Crippen molar-refractivity contribution < 1.29 is 9.90 Å². The Hall–Kier alpha value is -2.13. The molecule has 3 heteroatoms. The van der Waals surface area contributed by atoms with Crippen LogP contribution < -0.4 is 5.32 Å². The molecule has 0 bridgehead atoms. The van der Waals surface area contributed by atoms with E-state index in [1.807, 2.05) is 68.4 Å². The molecule has 0 fully saturated rings. The lowest BCUT2D eigenvalue weighted by Gasteiger charge is -2.18. The van der Waals surface area contributed by atoms with Gasteiger partial charge in [-0.1, -0.05) is 68.8 Å². The standard InChI is InChI=1S/C19H23NO2/c1-3-14(2)18(21)13-20-19(22)17-12-8-7-11-16(17)15-9-5-4-6-10-15/h4-12,14,18,21H,3,13H2,1-2H3,(H,20,22). The number of aliphatic hydroxyl groups is 1. The molecule has 2 aromatic rings. The van der Waals surface area contributed by atoms with E-state index in [1.165, 1.54) is 0 Å². The monoisotopic (exact) mass is 297 g/mol. The molecule has 2 aromatic carbocycles. The number of rotatable bonds is 6.